The molecule has 2 aromatic rings. The van der Waals surface area contributed by atoms with Crippen molar-refractivity contribution in [1.82, 2.24) is 4.90 Å². The molecule has 4 rings (SSSR count). The van der Waals surface area contributed by atoms with E-state index in [0.29, 0.717) is 43.0 Å². The van der Waals surface area contributed by atoms with Crippen molar-refractivity contribution in [1.29, 1.82) is 0 Å². The van der Waals surface area contributed by atoms with Crippen molar-refractivity contribution in [3.05, 3.63) is 59.7 Å². The summed E-state index contributed by atoms with van der Waals surface area (Å²) >= 11 is 0. The molecule has 2 aromatic carbocycles. The first-order chi connectivity index (χ1) is 13.9. The Kier molecular flexibility index (Phi) is 5.61. The van der Waals surface area contributed by atoms with E-state index < -0.39 is 11.7 Å². The zero-order chi connectivity index (χ0) is 20.4. The molecule has 154 valence electrons. The Balaban J connectivity index is 1.56. The van der Waals surface area contributed by atoms with Gasteiger partial charge in [0.25, 0.3) is 5.91 Å². The van der Waals surface area contributed by atoms with Crippen molar-refractivity contribution >= 4 is 5.91 Å². The topological polar surface area (TPSA) is 38.8 Å². The molecule has 2 heterocycles. The number of likely N-dealkylation sites (tertiary alicyclic amines) is 1. The summed E-state index contributed by atoms with van der Waals surface area (Å²) in [5, 5.41) is 0. The number of ether oxygens (including phenoxy) is 2. The minimum Gasteiger partial charge on any atom is -0.350 e. The second kappa shape index (κ2) is 8.16. The largest absolute Gasteiger partial charge is 0.416 e. The van der Waals surface area contributed by atoms with Gasteiger partial charge in [0, 0.05) is 24.6 Å². The molecule has 0 N–H and O–H groups in total. The lowest BCUT2D eigenvalue weighted by atomic mass is 9.94. The number of amides is 1. The number of rotatable bonds is 3. The van der Waals surface area contributed by atoms with E-state index in [9.17, 15) is 18.0 Å². The number of carbonyl (C=O) groups is 1. The zero-order valence-electron chi connectivity index (χ0n) is 15.8. The standard InChI is InChI=1S/C22H22F3NO3/c23-22(24,25)17-9-7-15(8-10-17)18-5-1-2-6-19(18)20(27)26-11-3-4-16(14-26)21-28-12-13-29-21/h1-2,5-10,16,21H,3-4,11-14H2. The molecule has 0 spiro atoms. The number of nitrogens with zero attached hydrogens (tertiary/aromatic N) is 1. The summed E-state index contributed by atoms with van der Waals surface area (Å²) in [6, 6.07) is 11.9. The van der Waals surface area contributed by atoms with Crippen molar-refractivity contribution in [2.45, 2.75) is 25.3 Å². The smallest absolute Gasteiger partial charge is 0.350 e. The van der Waals surface area contributed by atoms with Crippen LogP contribution in [0.4, 0.5) is 13.2 Å². The number of alkyl halides is 3. The molecule has 0 saturated carbocycles. The molecule has 2 saturated heterocycles. The van der Waals surface area contributed by atoms with E-state index in [4.69, 9.17) is 9.47 Å². The van der Waals surface area contributed by atoms with Gasteiger partial charge in [-0.3, -0.25) is 4.79 Å². The third-order valence-electron chi connectivity index (χ3n) is 5.46. The molecule has 1 unspecified atom stereocenters. The van der Waals surface area contributed by atoms with Crippen molar-refractivity contribution < 1.29 is 27.4 Å². The van der Waals surface area contributed by atoms with Gasteiger partial charge < -0.3 is 14.4 Å². The number of hydrogen-bond donors (Lipinski definition) is 0. The molecule has 0 radical (unpaired) electrons. The molecule has 2 fully saturated rings. The predicted octanol–water partition coefficient (Wildman–Crippen LogP) is 4.60. The summed E-state index contributed by atoms with van der Waals surface area (Å²) in [6.07, 6.45) is -2.85. The fraction of sp³-hybridized carbons (Fsp3) is 0.409. The van der Waals surface area contributed by atoms with Crippen molar-refractivity contribution in [2.75, 3.05) is 26.3 Å². The van der Waals surface area contributed by atoms with Crippen LogP contribution in [0.25, 0.3) is 11.1 Å². The van der Waals surface area contributed by atoms with Crippen LogP contribution in [-0.2, 0) is 15.7 Å². The molecule has 2 aliphatic heterocycles. The van der Waals surface area contributed by atoms with Gasteiger partial charge >= 0.3 is 6.18 Å². The van der Waals surface area contributed by atoms with Crippen molar-refractivity contribution in [3.8, 4) is 11.1 Å². The highest BCUT2D eigenvalue weighted by Crippen LogP contribution is 2.33. The molecule has 29 heavy (non-hydrogen) atoms. The number of halogens is 3. The fourth-order valence-electron chi connectivity index (χ4n) is 4.00. The zero-order valence-corrected chi connectivity index (χ0v) is 15.8. The lowest BCUT2D eigenvalue weighted by molar-refractivity contribution is -0.137. The highest BCUT2D eigenvalue weighted by atomic mass is 19.4. The van der Waals surface area contributed by atoms with E-state index in [1.807, 2.05) is 0 Å². The van der Waals surface area contributed by atoms with Crippen LogP contribution in [0.5, 0.6) is 0 Å². The Morgan fingerprint density at radius 1 is 1.00 bits per heavy atom. The Morgan fingerprint density at radius 2 is 1.69 bits per heavy atom. The lowest BCUT2D eigenvalue weighted by Gasteiger charge is -2.35. The number of hydrogen-bond acceptors (Lipinski definition) is 3. The average molecular weight is 405 g/mol. The first-order valence-corrected chi connectivity index (χ1v) is 9.72. The van der Waals surface area contributed by atoms with Crippen LogP contribution in [0, 0.1) is 5.92 Å². The number of benzene rings is 2. The summed E-state index contributed by atoms with van der Waals surface area (Å²) in [7, 11) is 0. The Bertz CT molecular complexity index is 860. The van der Waals surface area contributed by atoms with Gasteiger partial charge in [-0.2, -0.15) is 13.2 Å². The Hall–Kier alpha value is -2.38. The molecule has 0 aliphatic carbocycles. The average Bonchev–Trinajstić information content (AvgIpc) is 3.28. The van der Waals surface area contributed by atoms with Gasteiger partial charge in [-0.1, -0.05) is 30.3 Å². The summed E-state index contributed by atoms with van der Waals surface area (Å²) < 4.78 is 49.8. The van der Waals surface area contributed by atoms with E-state index >= 15 is 0 Å². The third-order valence-corrected chi connectivity index (χ3v) is 5.46. The summed E-state index contributed by atoms with van der Waals surface area (Å²) in [4.78, 5) is 15.0. The van der Waals surface area contributed by atoms with E-state index in [-0.39, 0.29) is 18.1 Å². The van der Waals surface area contributed by atoms with E-state index in [1.54, 1.807) is 29.2 Å². The van der Waals surface area contributed by atoms with Crippen LogP contribution in [-0.4, -0.2) is 43.4 Å². The summed E-state index contributed by atoms with van der Waals surface area (Å²) in [5.74, 6) is 0.0108. The molecule has 7 heteroatoms. The molecule has 4 nitrogen and oxygen atoms in total. The van der Waals surface area contributed by atoms with Crippen LogP contribution < -0.4 is 0 Å². The van der Waals surface area contributed by atoms with Gasteiger partial charge in [0.05, 0.1) is 18.8 Å². The van der Waals surface area contributed by atoms with Crippen LogP contribution in [0.1, 0.15) is 28.8 Å². The van der Waals surface area contributed by atoms with Gasteiger partial charge in [0.2, 0.25) is 0 Å². The molecular weight excluding hydrogens is 383 g/mol. The quantitative estimate of drug-likeness (QED) is 0.749. The molecule has 0 aromatic heterocycles. The molecule has 2 aliphatic rings. The normalized spacial score (nSPS) is 20.8. The maximum absolute atomic E-state index is 13.2. The highest BCUT2D eigenvalue weighted by Gasteiger charge is 2.34. The summed E-state index contributed by atoms with van der Waals surface area (Å²) in [6.45, 7) is 2.34. The first kappa shape index (κ1) is 19.9. The van der Waals surface area contributed by atoms with Gasteiger partial charge in [0.15, 0.2) is 6.29 Å². The van der Waals surface area contributed by atoms with Gasteiger partial charge in [-0.25, -0.2) is 0 Å². The molecule has 1 amide bonds. The second-order valence-electron chi connectivity index (χ2n) is 7.38. The van der Waals surface area contributed by atoms with Gasteiger partial charge in [-0.15, -0.1) is 0 Å². The minimum atomic E-state index is -4.39. The molecular formula is C22H22F3NO3. The van der Waals surface area contributed by atoms with E-state index in [0.717, 1.165) is 25.0 Å². The third kappa shape index (κ3) is 4.31. The maximum atomic E-state index is 13.2. The van der Waals surface area contributed by atoms with Crippen LogP contribution >= 0.6 is 0 Å². The summed E-state index contributed by atoms with van der Waals surface area (Å²) in [5.41, 5.74) is 0.987. The second-order valence-corrected chi connectivity index (χ2v) is 7.38. The maximum Gasteiger partial charge on any atom is 0.416 e. The molecule has 1 atom stereocenters. The van der Waals surface area contributed by atoms with Crippen LogP contribution in [0.2, 0.25) is 0 Å². The van der Waals surface area contributed by atoms with Gasteiger partial charge in [0.1, 0.15) is 0 Å². The van der Waals surface area contributed by atoms with E-state index in [1.165, 1.54) is 12.1 Å². The lowest BCUT2D eigenvalue weighted by Crippen LogP contribution is -2.44. The van der Waals surface area contributed by atoms with Crippen molar-refractivity contribution in [3.63, 3.8) is 0 Å². The first-order valence-electron chi connectivity index (χ1n) is 9.72. The highest BCUT2D eigenvalue weighted by molar-refractivity contribution is 6.01. The predicted molar refractivity (Wildman–Crippen MR) is 101 cm³/mol. The van der Waals surface area contributed by atoms with Crippen LogP contribution in [0.15, 0.2) is 48.5 Å². The minimum absolute atomic E-state index is 0.122. The van der Waals surface area contributed by atoms with Crippen LogP contribution in [0.3, 0.4) is 0 Å². The number of piperidine rings is 1. The SMILES string of the molecule is O=C(c1ccccc1-c1ccc(C(F)(F)F)cc1)N1CCCC(C2OCCO2)C1. The van der Waals surface area contributed by atoms with E-state index in [2.05, 4.69) is 0 Å². The number of carbonyl (C=O) groups excluding carboxylic acids is 1. The Morgan fingerprint density at radius 3 is 2.38 bits per heavy atom. The monoisotopic (exact) mass is 405 g/mol. The van der Waals surface area contributed by atoms with Crippen molar-refractivity contribution in [2.24, 2.45) is 5.92 Å². The Labute approximate surface area is 167 Å². The fourth-order valence-corrected chi connectivity index (χ4v) is 4.00. The van der Waals surface area contributed by atoms with Gasteiger partial charge in [-0.05, 0) is 42.2 Å². The molecule has 0 bridgehead atoms.